The fourth-order valence-electron chi connectivity index (χ4n) is 2.24. The molecular weight excluding hydrogens is 438 g/mol. The molecule has 0 amide bonds. The Bertz CT molecular complexity index is 501. The minimum atomic E-state index is -0.886. The number of aromatic carboxylic acids is 1. The molecule has 0 bridgehead atoms. The third-order valence-electron chi connectivity index (χ3n) is 3.20. The molecule has 1 aromatic rings. The fraction of sp³-hybridized carbons (Fsp3) is 0.214. The summed E-state index contributed by atoms with van der Waals surface area (Å²) in [6.07, 6.45) is 1.48. The summed E-state index contributed by atoms with van der Waals surface area (Å²) in [5, 5.41) is 9.15. The maximum absolute atomic E-state index is 11.1. The van der Waals surface area contributed by atoms with Crippen LogP contribution in [0.25, 0.3) is 5.57 Å². The summed E-state index contributed by atoms with van der Waals surface area (Å²) >= 11 is 0. The first-order chi connectivity index (χ1) is 7.56. The molecule has 0 aliphatic heterocycles. The van der Waals surface area contributed by atoms with E-state index >= 15 is 0 Å². The first-order valence-electron chi connectivity index (χ1n) is 5.25. The number of carboxylic acid groups (broad SMARTS) is 1. The van der Waals surface area contributed by atoms with Crippen LogP contribution in [0.3, 0.4) is 0 Å². The molecule has 2 nitrogen and oxygen atoms in total. The van der Waals surface area contributed by atoms with Crippen LogP contribution in [-0.4, -0.2) is 11.1 Å². The summed E-state index contributed by atoms with van der Waals surface area (Å²) in [6.45, 7) is 9.86. The molecule has 1 aliphatic carbocycles. The van der Waals surface area contributed by atoms with Crippen molar-refractivity contribution in [1.82, 2.24) is 0 Å². The first kappa shape index (κ1) is 14.4. The molecular formula is C14H14O2U. The number of hydrogen-bond acceptors (Lipinski definition) is 1. The summed E-state index contributed by atoms with van der Waals surface area (Å²) in [7, 11) is 0. The number of rotatable bonds is 2. The molecule has 1 aromatic carbocycles. The average molecular weight is 452 g/mol. The van der Waals surface area contributed by atoms with E-state index < -0.39 is 5.97 Å². The van der Waals surface area contributed by atoms with Crippen molar-refractivity contribution < 1.29 is 41.0 Å². The van der Waals surface area contributed by atoms with Gasteiger partial charge in [-0.1, -0.05) is 29.7 Å². The number of carboxylic acids is 1. The van der Waals surface area contributed by atoms with Crippen LogP contribution in [0.15, 0.2) is 17.7 Å². The van der Waals surface area contributed by atoms with Crippen LogP contribution in [-0.2, 0) is 6.42 Å². The van der Waals surface area contributed by atoms with Crippen LogP contribution in [0.5, 0.6) is 0 Å². The third-order valence-corrected chi connectivity index (χ3v) is 3.20. The van der Waals surface area contributed by atoms with Gasteiger partial charge in [0.15, 0.2) is 0 Å². The molecule has 86 valence electrons. The zero-order valence-corrected chi connectivity index (χ0v) is 14.0. The Labute approximate surface area is 125 Å². The largest absolute Gasteiger partial charge is 2.00 e. The monoisotopic (exact) mass is 452 g/mol. The SMILES string of the molecule is [CH2-]CC1=C([CH2-])c2c(C(=O)O)ccc(C)c2C1.[U+2]. The van der Waals surface area contributed by atoms with Crippen LogP contribution in [0.4, 0.5) is 0 Å². The second kappa shape index (κ2) is 5.33. The topological polar surface area (TPSA) is 37.3 Å². The number of aryl methyl sites for hydroxylation is 1. The van der Waals surface area contributed by atoms with Crippen LogP contribution < -0.4 is 0 Å². The van der Waals surface area contributed by atoms with Gasteiger partial charge in [0.25, 0.3) is 0 Å². The summed E-state index contributed by atoms with van der Waals surface area (Å²) in [4.78, 5) is 11.1. The summed E-state index contributed by atoms with van der Waals surface area (Å²) in [5.74, 6) is -0.886. The van der Waals surface area contributed by atoms with Gasteiger partial charge in [-0.3, -0.25) is 0 Å². The minimum absolute atomic E-state index is 0. The number of carbonyl (C=O) groups is 1. The van der Waals surface area contributed by atoms with Gasteiger partial charge in [0.05, 0.1) is 0 Å². The van der Waals surface area contributed by atoms with Crippen molar-refractivity contribution in [2.24, 2.45) is 0 Å². The van der Waals surface area contributed by atoms with E-state index in [1.807, 2.05) is 13.0 Å². The Morgan fingerprint density at radius 1 is 1.47 bits per heavy atom. The molecule has 0 aromatic heterocycles. The Morgan fingerprint density at radius 3 is 2.65 bits per heavy atom. The summed E-state index contributed by atoms with van der Waals surface area (Å²) in [5.41, 5.74) is 5.39. The van der Waals surface area contributed by atoms with Crippen molar-refractivity contribution in [3.8, 4) is 0 Å². The number of fused-ring (bicyclic) bond motifs is 1. The Balaban J connectivity index is 0.00000144. The van der Waals surface area contributed by atoms with Crippen molar-refractivity contribution in [2.75, 3.05) is 0 Å². The van der Waals surface area contributed by atoms with E-state index in [0.29, 0.717) is 12.0 Å². The van der Waals surface area contributed by atoms with Gasteiger partial charge in [0, 0.05) is 5.56 Å². The van der Waals surface area contributed by atoms with E-state index in [1.54, 1.807) is 6.07 Å². The molecule has 17 heavy (non-hydrogen) atoms. The Kier molecular flexibility index (Phi) is 4.52. The summed E-state index contributed by atoms with van der Waals surface area (Å²) < 4.78 is 0. The molecule has 0 spiro atoms. The van der Waals surface area contributed by atoms with Gasteiger partial charge < -0.3 is 12.0 Å². The molecule has 1 aliphatic rings. The zero-order chi connectivity index (χ0) is 11.9. The van der Waals surface area contributed by atoms with E-state index in [1.165, 1.54) is 0 Å². The smallest absolute Gasteiger partial charge is 0.478 e. The van der Waals surface area contributed by atoms with Crippen molar-refractivity contribution in [3.05, 3.63) is 53.8 Å². The van der Waals surface area contributed by atoms with Crippen LogP contribution in [0.1, 0.15) is 33.5 Å². The molecule has 0 fully saturated rings. The number of allylic oxidation sites excluding steroid dienone is 2. The van der Waals surface area contributed by atoms with E-state index in [9.17, 15) is 4.79 Å². The van der Waals surface area contributed by atoms with Gasteiger partial charge in [0.1, 0.15) is 0 Å². The number of benzene rings is 1. The van der Waals surface area contributed by atoms with Gasteiger partial charge in [-0.2, -0.15) is 18.1 Å². The maximum Gasteiger partial charge on any atom is 2.00 e. The normalized spacial score (nSPS) is 13.3. The maximum atomic E-state index is 11.1. The second-order valence-corrected chi connectivity index (χ2v) is 4.10. The minimum Gasteiger partial charge on any atom is -0.478 e. The van der Waals surface area contributed by atoms with Crippen LogP contribution in [0.2, 0.25) is 0 Å². The second-order valence-electron chi connectivity index (χ2n) is 4.10. The van der Waals surface area contributed by atoms with Gasteiger partial charge in [0.2, 0.25) is 0 Å². The first-order valence-corrected chi connectivity index (χ1v) is 5.25. The van der Waals surface area contributed by atoms with E-state index in [0.717, 1.165) is 34.3 Å². The van der Waals surface area contributed by atoms with Gasteiger partial charge in [-0.25, -0.2) is 11.2 Å². The molecule has 1 N–H and O–H groups in total. The fourth-order valence-corrected chi connectivity index (χ4v) is 2.24. The molecule has 0 heterocycles. The van der Waals surface area contributed by atoms with Crippen molar-refractivity contribution in [1.29, 1.82) is 0 Å². The molecule has 0 atom stereocenters. The quantitative estimate of drug-likeness (QED) is 0.701. The predicted molar refractivity (Wildman–Crippen MR) is 64.1 cm³/mol. The van der Waals surface area contributed by atoms with Crippen molar-refractivity contribution >= 4 is 11.5 Å². The summed E-state index contributed by atoms with van der Waals surface area (Å²) in [6, 6.07) is 3.52. The Hall–Kier alpha value is -0.648. The molecule has 0 saturated carbocycles. The zero-order valence-electron chi connectivity index (χ0n) is 9.84. The molecule has 2 rings (SSSR count). The Morgan fingerprint density at radius 2 is 2.12 bits per heavy atom. The molecule has 0 radical (unpaired) electrons. The van der Waals surface area contributed by atoms with Crippen molar-refractivity contribution in [2.45, 2.75) is 19.8 Å². The number of hydrogen-bond donors (Lipinski definition) is 1. The molecule has 3 heteroatoms. The molecule has 0 unspecified atom stereocenters. The van der Waals surface area contributed by atoms with E-state index in [-0.39, 0.29) is 31.1 Å². The van der Waals surface area contributed by atoms with Gasteiger partial charge in [-0.05, 0) is 6.92 Å². The third kappa shape index (κ3) is 2.32. The average Bonchev–Trinajstić information content (AvgIpc) is 2.57. The van der Waals surface area contributed by atoms with Gasteiger partial charge >= 0.3 is 37.1 Å². The molecule has 0 saturated heterocycles. The van der Waals surface area contributed by atoms with Crippen LogP contribution >= 0.6 is 0 Å². The standard InChI is InChI=1S/C14H14O2.U/c1-4-10-7-12-8(2)5-6-11(14(15)16)13(12)9(10)3;/h5-6H,1,3-4,7H2,2H3,(H,15,16);/q-2;+2. The van der Waals surface area contributed by atoms with E-state index in [2.05, 4.69) is 13.8 Å². The van der Waals surface area contributed by atoms with Gasteiger partial charge in [-0.15, -0.1) is 5.56 Å². The van der Waals surface area contributed by atoms with Crippen molar-refractivity contribution in [3.63, 3.8) is 0 Å². The predicted octanol–water partition coefficient (Wildman–Crippen LogP) is 3.06. The van der Waals surface area contributed by atoms with Crippen LogP contribution in [0, 0.1) is 51.9 Å². The van der Waals surface area contributed by atoms with E-state index in [4.69, 9.17) is 5.11 Å².